The van der Waals surface area contributed by atoms with Crippen molar-refractivity contribution in [1.82, 2.24) is 14.9 Å². The predicted molar refractivity (Wildman–Crippen MR) is 78.8 cm³/mol. The molecular weight excluding hydrogens is 234 g/mol. The molecule has 0 radical (unpaired) electrons. The molecule has 1 unspecified atom stereocenters. The molecule has 0 amide bonds. The van der Waals surface area contributed by atoms with Gasteiger partial charge in [0.15, 0.2) is 0 Å². The summed E-state index contributed by atoms with van der Waals surface area (Å²) in [6.07, 6.45) is 7.89. The van der Waals surface area contributed by atoms with E-state index in [1.165, 1.54) is 11.1 Å². The molecule has 1 aromatic carbocycles. The van der Waals surface area contributed by atoms with E-state index in [2.05, 4.69) is 59.1 Å². The van der Waals surface area contributed by atoms with Gasteiger partial charge < -0.3 is 9.88 Å². The minimum atomic E-state index is 0.297. The minimum Gasteiger partial charge on any atom is -0.336 e. The fourth-order valence-electron chi connectivity index (χ4n) is 1.98. The molecule has 0 aliphatic rings. The zero-order chi connectivity index (χ0) is 13.5. The van der Waals surface area contributed by atoms with Crippen LogP contribution in [-0.4, -0.2) is 16.1 Å². The molecule has 0 aliphatic carbocycles. The topological polar surface area (TPSA) is 29.9 Å². The van der Waals surface area contributed by atoms with Gasteiger partial charge in [-0.25, -0.2) is 4.98 Å². The second-order valence-electron chi connectivity index (χ2n) is 4.91. The number of allylic oxidation sites excluding steroid dienone is 1. The fraction of sp³-hybridized carbons (Fsp3) is 0.312. The van der Waals surface area contributed by atoms with Crippen molar-refractivity contribution in [2.75, 3.05) is 6.54 Å². The summed E-state index contributed by atoms with van der Waals surface area (Å²) in [5.41, 5.74) is 2.64. The van der Waals surface area contributed by atoms with Gasteiger partial charge in [0.05, 0.1) is 12.4 Å². The maximum Gasteiger partial charge on any atom is 0.0946 e. The standard InChI is InChI=1S/C16H21N3/c1-14(2)8-9-18-16(12-19-11-10-17-13-19)15-6-4-3-5-7-15/h3-8,10-11,13,16,18H,9,12H2,1-2H3. The molecule has 0 saturated heterocycles. The first-order valence-corrected chi connectivity index (χ1v) is 6.63. The molecule has 1 atom stereocenters. The largest absolute Gasteiger partial charge is 0.336 e. The summed E-state index contributed by atoms with van der Waals surface area (Å²) < 4.78 is 2.10. The van der Waals surface area contributed by atoms with Gasteiger partial charge in [-0.05, 0) is 19.4 Å². The number of rotatable bonds is 6. The maximum absolute atomic E-state index is 4.10. The molecule has 3 nitrogen and oxygen atoms in total. The van der Waals surface area contributed by atoms with E-state index in [-0.39, 0.29) is 0 Å². The van der Waals surface area contributed by atoms with Gasteiger partial charge >= 0.3 is 0 Å². The van der Waals surface area contributed by atoms with E-state index >= 15 is 0 Å². The highest BCUT2D eigenvalue weighted by Gasteiger charge is 2.10. The Balaban J connectivity index is 2.07. The van der Waals surface area contributed by atoms with Crippen LogP contribution in [0.25, 0.3) is 0 Å². The molecule has 2 rings (SSSR count). The number of nitrogens with one attached hydrogen (secondary N) is 1. The zero-order valence-corrected chi connectivity index (χ0v) is 11.6. The lowest BCUT2D eigenvalue weighted by atomic mass is 10.1. The van der Waals surface area contributed by atoms with Crippen LogP contribution in [0.3, 0.4) is 0 Å². The average molecular weight is 255 g/mol. The first-order valence-electron chi connectivity index (χ1n) is 6.63. The number of nitrogens with zero attached hydrogens (tertiary/aromatic N) is 2. The highest BCUT2D eigenvalue weighted by Crippen LogP contribution is 2.14. The SMILES string of the molecule is CC(C)=CCNC(Cn1ccnc1)c1ccccc1. The minimum absolute atomic E-state index is 0.297. The van der Waals surface area contributed by atoms with Gasteiger partial charge in [-0.2, -0.15) is 0 Å². The molecule has 1 N–H and O–H groups in total. The monoisotopic (exact) mass is 255 g/mol. The third-order valence-electron chi connectivity index (χ3n) is 3.03. The van der Waals surface area contributed by atoms with E-state index < -0.39 is 0 Å². The number of hydrogen-bond acceptors (Lipinski definition) is 2. The Labute approximate surface area is 115 Å². The lowest BCUT2D eigenvalue weighted by molar-refractivity contribution is 0.483. The first-order chi connectivity index (χ1) is 9.25. The van der Waals surface area contributed by atoms with Gasteiger partial charge in [0, 0.05) is 25.5 Å². The van der Waals surface area contributed by atoms with Gasteiger partial charge in [-0.3, -0.25) is 0 Å². The van der Waals surface area contributed by atoms with Crippen molar-refractivity contribution in [3.63, 3.8) is 0 Å². The van der Waals surface area contributed by atoms with Crippen LogP contribution in [0, 0.1) is 0 Å². The second-order valence-corrected chi connectivity index (χ2v) is 4.91. The quantitative estimate of drug-likeness (QED) is 0.803. The van der Waals surface area contributed by atoms with Crippen molar-refractivity contribution in [3.05, 3.63) is 66.3 Å². The third kappa shape index (κ3) is 4.38. The van der Waals surface area contributed by atoms with Gasteiger partial charge in [-0.15, -0.1) is 0 Å². The van der Waals surface area contributed by atoms with Gasteiger partial charge in [0.1, 0.15) is 0 Å². The highest BCUT2D eigenvalue weighted by atomic mass is 15.1. The fourth-order valence-corrected chi connectivity index (χ4v) is 1.98. The van der Waals surface area contributed by atoms with Crippen molar-refractivity contribution in [3.8, 4) is 0 Å². The smallest absolute Gasteiger partial charge is 0.0946 e. The number of benzene rings is 1. The summed E-state index contributed by atoms with van der Waals surface area (Å²) in [6, 6.07) is 10.8. The van der Waals surface area contributed by atoms with Crippen LogP contribution in [0.4, 0.5) is 0 Å². The molecule has 3 heteroatoms. The third-order valence-corrected chi connectivity index (χ3v) is 3.03. The molecule has 100 valence electrons. The van der Waals surface area contributed by atoms with E-state index in [1.54, 1.807) is 0 Å². The summed E-state index contributed by atoms with van der Waals surface area (Å²) >= 11 is 0. The lowest BCUT2D eigenvalue weighted by Gasteiger charge is -2.19. The van der Waals surface area contributed by atoms with Crippen molar-refractivity contribution >= 4 is 0 Å². The molecule has 1 aromatic heterocycles. The van der Waals surface area contributed by atoms with E-state index in [0.717, 1.165) is 13.1 Å². The van der Waals surface area contributed by atoms with Crippen LogP contribution in [-0.2, 0) is 6.54 Å². The Morgan fingerprint density at radius 3 is 2.74 bits per heavy atom. The average Bonchev–Trinajstić information content (AvgIpc) is 2.91. The molecule has 1 heterocycles. The van der Waals surface area contributed by atoms with Gasteiger partial charge in [0.2, 0.25) is 0 Å². The maximum atomic E-state index is 4.10. The van der Waals surface area contributed by atoms with Crippen LogP contribution < -0.4 is 5.32 Å². The Bertz CT molecular complexity index is 496. The van der Waals surface area contributed by atoms with E-state index in [0.29, 0.717) is 6.04 Å². The first kappa shape index (κ1) is 13.6. The molecule has 0 bridgehead atoms. The molecule has 0 fully saturated rings. The normalized spacial score (nSPS) is 12.1. The van der Waals surface area contributed by atoms with Crippen LogP contribution in [0.2, 0.25) is 0 Å². The summed E-state index contributed by atoms with van der Waals surface area (Å²) in [6.45, 7) is 6.02. The summed E-state index contributed by atoms with van der Waals surface area (Å²) in [5, 5.41) is 3.58. The van der Waals surface area contributed by atoms with Crippen LogP contribution in [0.15, 0.2) is 60.7 Å². The molecule has 19 heavy (non-hydrogen) atoms. The molecule has 0 saturated carbocycles. The van der Waals surface area contributed by atoms with Crippen molar-refractivity contribution in [1.29, 1.82) is 0 Å². The van der Waals surface area contributed by atoms with Gasteiger partial charge in [-0.1, -0.05) is 42.0 Å². The van der Waals surface area contributed by atoms with Crippen LogP contribution in [0.1, 0.15) is 25.5 Å². The Morgan fingerprint density at radius 2 is 2.11 bits per heavy atom. The molecule has 2 aromatic rings. The molecule has 0 aliphatic heterocycles. The van der Waals surface area contributed by atoms with Gasteiger partial charge in [0.25, 0.3) is 0 Å². The van der Waals surface area contributed by atoms with Crippen LogP contribution >= 0.6 is 0 Å². The second kappa shape index (κ2) is 6.90. The Morgan fingerprint density at radius 1 is 1.32 bits per heavy atom. The number of hydrogen-bond donors (Lipinski definition) is 1. The lowest BCUT2D eigenvalue weighted by Crippen LogP contribution is -2.25. The number of imidazole rings is 1. The summed E-state index contributed by atoms with van der Waals surface area (Å²) in [4.78, 5) is 4.10. The predicted octanol–water partition coefficient (Wildman–Crippen LogP) is 3.18. The molecule has 0 spiro atoms. The summed E-state index contributed by atoms with van der Waals surface area (Å²) in [5.74, 6) is 0. The summed E-state index contributed by atoms with van der Waals surface area (Å²) in [7, 11) is 0. The Hall–Kier alpha value is -1.87. The van der Waals surface area contributed by atoms with Crippen molar-refractivity contribution < 1.29 is 0 Å². The Kier molecular flexibility index (Phi) is 4.93. The van der Waals surface area contributed by atoms with E-state index in [4.69, 9.17) is 0 Å². The zero-order valence-electron chi connectivity index (χ0n) is 11.6. The van der Waals surface area contributed by atoms with Crippen molar-refractivity contribution in [2.24, 2.45) is 0 Å². The van der Waals surface area contributed by atoms with Crippen molar-refractivity contribution in [2.45, 2.75) is 26.4 Å². The van der Waals surface area contributed by atoms with Crippen LogP contribution in [0.5, 0.6) is 0 Å². The van der Waals surface area contributed by atoms with E-state index in [1.807, 2.05) is 24.8 Å². The molecular formula is C16H21N3. The van der Waals surface area contributed by atoms with E-state index in [9.17, 15) is 0 Å². The number of aromatic nitrogens is 2. The highest BCUT2D eigenvalue weighted by molar-refractivity contribution is 5.19.